The van der Waals surface area contributed by atoms with Crippen LogP contribution in [0.5, 0.6) is 17.2 Å². The van der Waals surface area contributed by atoms with E-state index in [0.717, 1.165) is 17.7 Å². The van der Waals surface area contributed by atoms with Gasteiger partial charge in [0.05, 0.1) is 25.2 Å². The number of hydrogen-bond acceptors (Lipinski definition) is 7. The summed E-state index contributed by atoms with van der Waals surface area (Å²) in [7, 11) is -2.30. The third-order valence-corrected chi connectivity index (χ3v) is 6.05. The van der Waals surface area contributed by atoms with Gasteiger partial charge in [0.1, 0.15) is 17.1 Å². The number of fused-ring (bicyclic) bond motifs is 1. The summed E-state index contributed by atoms with van der Waals surface area (Å²) in [5.74, 6) is 2.04. The van der Waals surface area contributed by atoms with E-state index < -0.39 is 10.0 Å². The first kappa shape index (κ1) is 20.8. The minimum Gasteiger partial charge on any atom is -0.497 e. The van der Waals surface area contributed by atoms with E-state index in [9.17, 15) is 8.42 Å². The minimum absolute atomic E-state index is 0.0578. The Labute approximate surface area is 180 Å². The van der Waals surface area contributed by atoms with Gasteiger partial charge < -0.3 is 18.7 Å². The Kier molecular flexibility index (Phi) is 5.85. The maximum Gasteiger partial charge on any atom is 0.262 e. The molecule has 0 radical (unpaired) electrons. The van der Waals surface area contributed by atoms with Crippen molar-refractivity contribution in [1.82, 2.24) is 5.16 Å². The molecule has 0 bridgehead atoms. The summed E-state index contributed by atoms with van der Waals surface area (Å²) >= 11 is 0. The van der Waals surface area contributed by atoms with Gasteiger partial charge in [0.25, 0.3) is 10.0 Å². The number of nitrogens with zero attached hydrogens (tertiary/aromatic N) is 1. The Bertz CT molecular complexity index is 1200. The Balaban J connectivity index is 1.58. The molecule has 162 valence electrons. The molecule has 2 heterocycles. The first-order valence-corrected chi connectivity index (χ1v) is 11.2. The largest absolute Gasteiger partial charge is 0.497 e. The van der Waals surface area contributed by atoms with Crippen molar-refractivity contribution in [2.75, 3.05) is 25.0 Å². The van der Waals surface area contributed by atoms with Gasteiger partial charge in [-0.2, -0.15) is 0 Å². The molecule has 4 rings (SSSR count). The van der Waals surface area contributed by atoms with Crippen molar-refractivity contribution >= 4 is 27.9 Å². The van der Waals surface area contributed by atoms with E-state index in [2.05, 4.69) is 9.88 Å². The summed E-state index contributed by atoms with van der Waals surface area (Å²) < 4.78 is 50.1. The van der Waals surface area contributed by atoms with Gasteiger partial charge in [0.15, 0.2) is 17.3 Å². The summed E-state index contributed by atoms with van der Waals surface area (Å²) in [5, 5.41) is 3.97. The average molecular weight is 442 g/mol. The summed E-state index contributed by atoms with van der Waals surface area (Å²) in [6, 6.07) is 12.0. The van der Waals surface area contributed by atoms with Crippen molar-refractivity contribution in [3.63, 3.8) is 0 Å². The van der Waals surface area contributed by atoms with Gasteiger partial charge in [-0.15, -0.1) is 0 Å². The lowest BCUT2D eigenvalue weighted by Gasteiger charge is -2.11. The summed E-state index contributed by atoms with van der Waals surface area (Å²) in [4.78, 5) is 0.0578. The molecule has 1 N–H and O–H groups in total. The van der Waals surface area contributed by atoms with Crippen molar-refractivity contribution < 1.29 is 27.2 Å². The van der Waals surface area contributed by atoms with Crippen LogP contribution in [-0.2, 0) is 10.0 Å². The van der Waals surface area contributed by atoms with Crippen LogP contribution in [0.3, 0.4) is 0 Å². The van der Waals surface area contributed by atoms with E-state index in [0.29, 0.717) is 36.2 Å². The fourth-order valence-corrected chi connectivity index (χ4v) is 4.17. The number of rotatable bonds is 6. The molecule has 1 aliphatic heterocycles. The molecule has 31 heavy (non-hydrogen) atoms. The van der Waals surface area contributed by atoms with Gasteiger partial charge in [0, 0.05) is 12.5 Å². The van der Waals surface area contributed by atoms with Gasteiger partial charge in [-0.25, -0.2) is 8.42 Å². The Hall–Kier alpha value is -3.46. The lowest BCUT2D eigenvalue weighted by atomic mass is 10.2. The summed E-state index contributed by atoms with van der Waals surface area (Å²) in [5.41, 5.74) is 1.54. The minimum atomic E-state index is -3.90. The van der Waals surface area contributed by atoms with Crippen molar-refractivity contribution in [1.29, 1.82) is 0 Å². The van der Waals surface area contributed by atoms with Gasteiger partial charge in [-0.3, -0.25) is 4.72 Å². The highest BCUT2D eigenvalue weighted by Crippen LogP contribution is 2.33. The van der Waals surface area contributed by atoms with E-state index in [4.69, 9.17) is 18.7 Å². The third kappa shape index (κ3) is 4.66. The fourth-order valence-electron chi connectivity index (χ4n) is 3.02. The zero-order valence-electron chi connectivity index (χ0n) is 17.1. The molecule has 1 aliphatic rings. The van der Waals surface area contributed by atoms with Crippen LogP contribution in [0.2, 0.25) is 0 Å². The zero-order chi connectivity index (χ0) is 21.8. The van der Waals surface area contributed by atoms with Crippen LogP contribution in [0, 0.1) is 6.92 Å². The number of benzene rings is 2. The molecule has 8 nitrogen and oxygen atoms in total. The van der Waals surface area contributed by atoms with Crippen molar-refractivity contribution in [2.45, 2.75) is 18.2 Å². The number of hydrogen-bond donors (Lipinski definition) is 1. The SMILES string of the molecule is COc1ccc(/C=C/c2noc(C)c2NS(=O)(=O)c2ccc3c(c2)OCCCO3)cc1. The Morgan fingerprint density at radius 3 is 2.52 bits per heavy atom. The molecular formula is C22H22N2O6S. The quantitative estimate of drug-likeness (QED) is 0.613. The second-order valence-corrected chi connectivity index (χ2v) is 8.55. The van der Waals surface area contributed by atoms with E-state index in [1.807, 2.05) is 30.3 Å². The highest BCUT2D eigenvalue weighted by molar-refractivity contribution is 7.92. The monoisotopic (exact) mass is 442 g/mol. The van der Waals surface area contributed by atoms with Crippen LogP contribution in [-0.4, -0.2) is 33.9 Å². The standard InChI is InChI=1S/C22H22N2O6S/c1-15-22(19(23-30-15)10-6-16-4-7-17(27-2)8-5-16)24-31(25,26)18-9-11-20-21(14-18)29-13-3-12-28-20/h4-11,14,24H,3,12-13H2,1-2H3/b10-6+. The number of nitrogens with one attached hydrogen (secondary N) is 1. The highest BCUT2D eigenvalue weighted by atomic mass is 32.2. The first-order chi connectivity index (χ1) is 15.0. The van der Waals surface area contributed by atoms with Crippen molar-refractivity contribution in [2.24, 2.45) is 0 Å². The molecule has 3 aromatic rings. The predicted octanol–water partition coefficient (Wildman–Crippen LogP) is 4.12. The molecular weight excluding hydrogens is 420 g/mol. The molecule has 0 spiro atoms. The van der Waals surface area contributed by atoms with Gasteiger partial charge >= 0.3 is 0 Å². The van der Waals surface area contributed by atoms with Crippen LogP contribution >= 0.6 is 0 Å². The predicted molar refractivity (Wildman–Crippen MR) is 116 cm³/mol. The molecule has 0 saturated carbocycles. The Morgan fingerprint density at radius 1 is 1.03 bits per heavy atom. The maximum absolute atomic E-state index is 13.0. The number of aryl methyl sites for hydroxylation is 1. The lowest BCUT2D eigenvalue weighted by molar-refractivity contribution is 0.297. The average Bonchev–Trinajstić information content (AvgIpc) is 2.97. The number of aromatic nitrogens is 1. The van der Waals surface area contributed by atoms with Gasteiger partial charge in [0.2, 0.25) is 0 Å². The molecule has 1 aromatic heterocycles. The molecule has 9 heteroatoms. The zero-order valence-corrected chi connectivity index (χ0v) is 17.9. The number of sulfonamides is 1. The van der Waals surface area contributed by atoms with E-state index in [-0.39, 0.29) is 10.6 Å². The molecule has 0 fully saturated rings. The molecule has 0 aliphatic carbocycles. The maximum atomic E-state index is 13.0. The summed E-state index contributed by atoms with van der Waals surface area (Å²) in [6.07, 6.45) is 4.23. The van der Waals surface area contributed by atoms with Gasteiger partial charge in [-0.1, -0.05) is 23.4 Å². The topological polar surface area (TPSA) is 99.9 Å². The van der Waals surface area contributed by atoms with E-state index >= 15 is 0 Å². The van der Waals surface area contributed by atoms with Crippen LogP contribution in [0.25, 0.3) is 12.2 Å². The van der Waals surface area contributed by atoms with E-state index in [1.54, 1.807) is 26.2 Å². The summed E-state index contributed by atoms with van der Waals surface area (Å²) in [6.45, 7) is 2.64. The van der Waals surface area contributed by atoms with Crippen LogP contribution in [0.4, 0.5) is 5.69 Å². The second-order valence-electron chi connectivity index (χ2n) is 6.87. The Morgan fingerprint density at radius 2 is 1.77 bits per heavy atom. The van der Waals surface area contributed by atoms with Crippen molar-refractivity contribution in [3.05, 3.63) is 59.5 Å². The smallest absolute Gasteiger partial charge is 0.262 e. The number of methoxy groups -OCH3 is 1. The van der Waals surface area contributed by atoms with Gasteiger partial charge in [-0.05, 0) is 42.8 Å². The molecule has 0 saturated heterocycles. The molecule has 0 unspecified atom stereocenters. The second kappa shape index (κ2) is 8.73. The third-order valence-electron chi connectivity index (χ3n) is 4.70. The van der Waals surface area contributed by atoms with Crippen LogP contribution in [0.1, 0.15) is 23.4 Å². The normalized spacial score (nSPS) is 13.7. The molecule has 0 amide bonds. The lowest BCUT2D eigenvalue weighted by Crippen LogP contribution is -2.14. The number of anilines is 1. The highest BCUT2D eigenvalue weighted by Gasteiger charge is 2.22. The molecule has 0 atom stereocenters. The number of ether oxygens (including phenoxy) is 3. The van der Waals surface area contributed by atoms with Crippen molar-refractivity contribution in [3.8, 4) is 17.2 Å². The van der Waals surface area contributed by atoms with Crippen LogP contribution in [0.15, 0.2) is 51.9 Å². The van der Waals surface area contributed by atoms with Crippen LogP contribution < -0.4 is 18.9 Å². The fraction of sp³-hybridized carbons (Fsp3) is 0.227. The first-order valence-electron chi connectivity index (χ1n) is 9.67. The molecule has 2 aromatic carbocycles. The van der Waals surface area contributed by atoms with E-state index in [1.165, 1.54) is 12.1 Å².